The van der Waals surface area contributed by atoms with Gasteiger partial charge in [0.2, 0.25) is 5.92 Å². The molecule has 1 aromatic rings. The zero-order valence-electron chi connectivity index (χ0n) is 7.29. The highest BCUT2D eigenvalue weighted by molar-refractivity contribution is 4.86. The summed E-state index contributed by atoms with van der Waals surface area (Å²) in [6.45, 7) is 0. The predicted octanol–water partition coefficient (Wildman–Crippen LogP) is 2.63. The van der Waals surface area contributed by atoms with E-state index in [4.69, 9.17) is 0 Å². The van der Waals surface area contributed by atoms with Crippen molar-refractivity contribution in [2.24, 2.45) is 0 Å². The topological polar surface area (TPSA) is 17.8 Å². The van der Waals surface area contributed by atoms with Gasteiger partial charge in [-0.1, -0.05) is 0 Å². The molecule has 1 aliphatic rings. The predicted molar refractivity (Wildman–Crippen MR) is 44.7 cm³/mol. The maximum Gasteiger partial charge on any atom is 0.250 e. The number of rotatable bonds is 1. The van der Waals surface area contributed by atoms with Gasteiger partial charge in [0.25, 0.3) is 0 Å². The average Bonchev–Trinajstić information content (AvgIpc) is 2.53. The maximum absolute atomic E-state index is 13.0. The van der Waals surface area contributed by atoms with Crippen LogP contribution in [0.3, 0.4) is 0 Å². The van der Waals surface area contributed by atoms with Crippen LogP contribution in [0.25, 0.3) is 0 Å². The quantitative estimate of drug-likeness (QED) is 0.659. The van der Waals surface area contributed by atoms with Crippen molar-refractivity contribution in [3.05, 3.63) is 18.5 Å². The Labute approximate surface area is 75.6 Å². The Morgan fingerprint density at radius 1 is 1.46 bits per heavy atom. The Hall–Kier alpha value is -0.930. The lowest BCUT2D eigenvalue weighted by molar-refractivity contribution is -0.0512. The van der Waals surface area contributed by atoms with E-state index in [9.17, 15) is 8.78 Å². The smallest absolute Gasteiger partial charge is 0.250 e. The first-order valence-corrected chi connectivity index (χ1v) is 4.54. The fourth-order valence-corrected chi connectivity index (χ4v) is 1.87. The molecule has 1 aromatic heterocycles. The summed E-state index contributed by atoms with van der Waals surface area (Å²) >= 11 is 0. The lowest BCUT2D eigenvalue weighted by Gasteiger charge is -2.28. The zero-order valence-corrected chi connectivity index (χ0v) is 7.29. The molecule has 1 saturated carbocycles. The molecular weight excluding hydrogens is 174 g/mol. The van der Waals surface area contributed by atoms with Crippen molar-refractivity contribution in [2.45, 2.75) is 37.6 Å². The molecule has 2 nitrogen and oxygen atoms in total. The van der Waals surface area contributed by atoms with E-state index >= 15 is 0 Å². The van der Waals surface area contributed by atoms with Crippen molar-refractivity contribution in [3.8, 4) is 0 Å². The SMILES string of the molecule is FC1(F)CCCC(n2cccn2)C1. The van der Waals surface area contributed by atoms with Crippen molar-refractivity contribution in [1.29, 1.82) is 0 Å². The summed E-state index contributed by atoms with van der Waals surface area (Å²) < 4.78 is 27.7. The normalized spacial score (nSPS) is 27.4. The van der Waals surface area contributed by atoms with Crippen LogP contribution in [0, 0.1) is 0 Å². The van der Waals surface area contributed by atoms with Gasteiger partial charge < -0.3 is 0 Å². The first-order valence-electron chi connectivity index (χ1n) is 4.54. The fourth-order valence-electron chi connectivity index (χ4n) is 1.87. The minimum atomic E-state index is -2.49. The molecule has 0 spiro atoms. The molecular formula is C9H12F2N2. The Morgan fingerprint density at radius 2 is 2.31 bits per heavy atom. The largest absolute Gasteiger partial charge is 0.269 e. The Bertz CT molecular complexity index is 269. The number of alkyl halides is 2. The van der Waals surface area contributed by atoms with Gasteiger partial charge in [-0.3, -0.25) is 4.68 Å². The van der Waals surface area contributed by atoms with Crippen LogP contribution in [-0.2, 0) is 0 Å². The first-order chi connectivity index (χ1) is 6.17. The first kappa shape index (κ1) is 8.66. The number of hydrogen-bond donors (Lipinski definition) is 0. The maximum atomic E-state index is 13.0. The summed E-state index contributed by atoms with van der Waals surface area (Å²) in [5.41, 5.74) is 0. The molecule has 1 aliphatic carbocycles. The molecule has 1 atom stereocenters. The van der Waals surface area contributed by atoms with Crippen LogP contribution < -0.4 is 0 Å². The van der Waals surface area contributed by atoms with E-state index in [1.165, 1.54) is 0 Å². The van der Waals surface area contributed by atoms with Gasteiger partial charge in [0.15, 0.2) is 0 Å². The number of halogens is 2. The second kappa shape index (κ2) is 3.09. The van der Waals surface area contributed by atoms with Crippen molar-refractivity contribution >= 4 is 0 Å². The van der Waals surface area contributed by atoms with Crippen molar-refractivity contribution in [1.82, 2.24) is 9.78 Å². The third-order valence-electron chi connectivity index (χ3n) is 2.51. The molecule has 0 aliphatic heterocycles. The highest BCUT2D eigenvalue weighted by Gasteiger charge is 2.36. The highest BCUT2D eigenvalue weighted by Crippen LogP contribution is 2.38. The minimum Gasteiger partial charge on any atom is -0.269 e. The number of aromatic nitrogens is 2. The van der Waals surface area contributed by atoms with Gasteiger partial charge in [0, 0.05) is 25.2 Å². The van der Waals surface area contributed by atoms with Crippen molar-refractivity contribution in [3.63, 3.8) is 0 Å². The third kappa shape index (κ3) is 1.87. The molecule has 0 aromatic carbocycles. The standard InChI is InChI=1S/C9H12F2N2/c10-9(11)4-1-3-8(7-9)13-6-2-5-12-13/h2,5-6,8H,1,3-4,7H2. The second-order valence-corrected chi connectivity index (χ2v) is 3.59. The molecule has 2 rings (SSSR count). The van der Waals surface area contributed by atoms with Crippen LogP contribution in [0.4, 0.5) is 8.78 Å². The van der Waals surface area contributed by atoms with Gasteiger partial charge in [-0.25, -0.2) is 8.78 Å². The summed E-state index contributed by atoms with van der Waals surface area (Å²) in [4.78, 5) is 0. The summed E-state index contributed by atoms with van der Waals surface area (Å²) in [6, 6.07) is 1.66. The molecule has 0 bridgehead atoms. The van der Waals surface area contributed by atoms with Crippen LogP contribution in [0.2, 0.25) is 0 Å². The van der Waals surface area contributed by atoms with Gasteiger partial charge in [0.05, 0.1) is 6.04 Å². The van der Waals surface area contributed by atoms with Gasteiger partial charge in [-0.15, -0.1) is 0 Å². The van der Waals surface area contributed by atoms with Gasteiger partial charge in [0.1, 0.15) is 0 Å². The summed E-state index contributed by atoms with van der Waals surface area (Å²) in [5.74, 6) is -2.49. The monoisotopic (exact) mass is 186 g/mol. The van der Waals surface area contributed by atoms with Crippen LogP contribution in [-0.4, -0.2) is 15.7 Å². The van der Waals surface area contributed by atoms with E-state index in [0.29, 0.717) is 6.42 Å². The molecule has 0 radical (unpaired) electrons. The van der Waals surface area contributed by atoms with E-state index in [1.807, 2.05) is 0 Å². The Morgan fingerprint density at radius 3 is 2.92 bits per heavy atom. The van der Waals surface area contributed by atoms with E-state index < -0.39 is 5.92 Å². The molecule has 1 unspecified atom stereocenters. The fraction of sp³-hybridized carbons (Fsp3) is 0.667. The van der Waals surface area contributed by atoms with Crippen LogP contribution >= 0.6 is 0 Å². The lowest BCUT2D eigenvalue weighted by atomic mass is 9.92. The minimum absolute atomic E-state index is 0.0325. The zero-order chi connectivity index (χ0) is 9.31. The molecule has 4 heteroatoms. The molecule has 13 heavy (non-hydrogen) atoms. The summed E-state index contributed by atoms with van der Waals surface area (Å²) in [6.07, 6.45) is 4.77. The second-order valence-electron chi connectivity index (χ2n) is 3.59. The average molecular weight is 186 g/mol. The molecule has 0 saturated heterocycles. The number of hydrogen-bond acceptors (Lipinski definition) is 1. The highest BCUT2D eigenvalue weighted by atomic mass is 19.3. The van der Waals surface area contributed by atoms with Gasteiger partial charge in [-0.2, -0.15) is 5.10 Å². The van der Waals surface area contributed by atoms with Crippen LogP contribution in [0.1, 0.15) is 31.7 Å². The van der Waals surface area contributed by atoms with E-state index in [-0.39, 0.29) is 18.9 Å². The van der Waals surface area contributed by atoms with E-state index in [1.54, 1.807) is 23.1 Å². The van der Waals surface area contributed by atoms with Gasteiger partial charge in [-0.05, 0) is 18.9 Å². The number of nitrogens with zero attached hydrogens (tertiary/aromatic N) is 2. The Balaban J connectivity index is 2.09. The molecule has 0 amide bonds. The van der Waals surface area contributed by atoms with Crippen molar-refractivity contribution < 1.29 is 8.78 Å². The van der Waals surface area contributed by atoms with E-state index in [0.717, 1.165) is 6.42 Å². The summed E-state index contributed by atoms with van der Waals surface area (Å²) in [5, 5.41) is 3.99. The van der Waals surface area contributed by atoms with Crippen LogP contribution in [0.15, 0.2) is 18.5 Å². The van der Waals surface area contributed by atoms with E-state index in [2.05, 4.69) is 5.10 Å². The third-order valence-corrected chi connectivity index (χ3v) is 2.51. The Kier molecular flexibility index (Phi) is 2.06. The molecule has 72 valence electrons. The van der Waals surface area contributed by atoms with Crippen molar-refractivity contribution in [2.75, 3.05) is 0 Å². The lowest BCUT2D eigenvalue weighted by Crippen LogP contribution is -2.28. The van der Waals surface area contributed by atoms with Gasteiger partial charge >= 0.3 is 0 Å². The van der Waals surface area contributed by atoms with Crippen LogP contribution in [0.5, 0.6) is 0 Å². The molecule has 1 heterocycles. The summed E-state index contributed by atoms with van der Waals surface area (Å²) in [7, 11) is 0. The molecule has 1 fully saturated rings. The molecule has 0 N–H and O–H groups in total.